The van der Waals surface area contributed by atoms with E-state index in [4.69, 9.17) is 9.47 Å². The van der Waals surface area contributed by atoms with E-state index >= 15 is 0 Å². The summed E-state index contributed by atoms with van der Waals surface area (Å²) in [4.78, 5) is 37.8. The number of aromatic nitrogens is 3. The SMILES string of the molecule is C=CC(=O)N1CCC[C@H]1COc1cnc2[nH]cc(C(=O)N[C@@H](C)COC)c2n1. The maximum absolute atomic E-state index is 12.5. The van der Waals surface area contributed by atoms with Crippen LogP contribution in [0, 0.1) is 0 Å². The number of likely N-dealkylation sites (tertiary alicyclic amines) is 1. The van der Waals surface area contributed by atoms with Crippen LogP contribution in [0.4, 0.5) is 0 Å². The van der Waals surface area contributed by atoms with E-state index < -0.39 is 0 Å². The maximum Gasteiger partial charge on any atom is 0.255 e. The van der Waals surface area contributed by atoms with E-state index in [0.29, 0.717) is 42.4 Å². The first-order chi connectivity index (χ1) is 13.5. The molecule has 2 aromatic heterocycles. The zero-order valence-corrected chi connectivity index (χ0v) is 16.1. The van der Waals surface area contributed by atoms with Crippen LogP contribution in [0.5, 0.6) is 5.88 Å². The maximum atomic E-state index is 12.5. The van der Waals surface area contributed by atoms with Gasteiger partial charge in [0.05, 0.1) is 24.4 Å². The van der Waals surface area contributed by atoms with Gasteiger partial charge in [-0.25, -0.2) is 9.97 Å². The van der Waals surface area contributed by atoms with Crippen LogP contribution in [0.1, 0.15) is 30.1 Å². The number of fused-ring (bicyclic) bond motifs is 1. The molecule has 0 radical (unpaired) electrons. The van der Waals surface area contributed by atoms with Gasteiger partial charge < -0.3 is 24.7 Å². The molecule has 3 rings (SSSR count). The fourth-order valence-electron chi connectivity index (χ4n) is 3.31. The third kappa shape index (κ3) is 4.30. The molecule has 1 aliphatic heterocycles. The van der Waals surface area contributed by atoms with Gasteiger partial charge in [0.25, 0.3) is 5.91 Å². The van der Waals surface area contributed by atoms with Crippen molar-refractivity contribution in [2.75, 3.05) is 26.9 Å². The molecule has 2 aromatic rings. The second-order valence-corrected chi connectivity index (χ2v) is 6.78. The average Bonchev–Trinajstić information content (AvgIpc) is 3.32. The van der Waals surface area contributed by atoms with Crippen molar-refractivity contribution in [1.29, 1.82) is 0 Å². The minimum absolute atomic E-state index is 0.0214. The Morgan fingerprint density at radius 3 is 3.11 bits per heavy atom. The van der Waals surface area contributed by atoms with Crippen LogP contribution >= 0.6 is 0 Å². The fraction of sp³-hybridized carbons (Fsp3) is 0.474. The monoisotopic (exact) mass is 387 g/mol. The molecule has 9 heteroatoms. The summed E-state index contributed by atoms with van der Waals surface area (Å²) in [6.07, 6.45) is 6.19. The molecule has 2 amide bonds. The Bertz CT molecular complexity index is 865. The summed E-state index contributed by atoms with van der Waals surface area (Å²) < 4.78 is 10.8. The number of aromatic amines is 1. The van der Waals surface area contributed by atoms with Crippen molar-refractivity contribution >= 4 is 23.0 Å². The summed E-state index contributed by atoms with van der Waals surface area (Å²) in [5, 5.41) is 2.85. The van der Waals surface area contributed by atoms with Gasteiger partial charge in [-0.15, -0.1) is 0 Å². The fourth-order valence-corrected chi connectivity index (χ4v) is 3.31. The second kappa shape index (κ2) is 8.83. The van der Waals surface area contributed by atoms with Gasteiger partial charge in [0.1, 0.15) is 12.1 Å². The van der Waals surface area contributed by atoms with Crippen molar-refractivity contribution in [3.63, 3.8) is 0 Å². The van der Waals surface area contributed by atoms with Crippen molar-refractivity contribution in [3.05, 3.63) is 30.6 Å². The molecule has 1 fully saturated rings. The molecule has 0 bridgehead atoms. The van der Waals surface area contributed by atoms with Gasteiger partial charge in [0.15, 0.2) is 5.65 Å². The highest BCUT2D eigenvalue weighted by molar-refractivity contribution is 6.04. The number of ether oxygens (including phenoxy) is 2. The summed E-state index contributed by atoms with van der Waals surface area (Å²) in [7, 11) is 1.58. The Kier molecular flexibility index (Phi) is 6.25. The van der Waals surface area contributed by atoms with Crippen molar-refractivity contribution < 1.29 is 19.1 Å². The third-order valence-corrected chi connectivity index (χ3v) is 4.66. The lowest BCUT2D eigenvalue weighted by molar-refractivity contribution is -0.127. The van der Waals surface area contributed by atoms with Gasteiger partial charge in [-0.1, -0.05) is 6.58 Å². The Balaban J connectivity index is 1.70. The van der Waals surface area contributed by atoms with E-state index in [9.17, 15) is 9.59 Å². The standard InChI is InChI=1S/C19H25N5O4/c1-4-16(25)24-7-5-6-13(24)11-28-15-9-21-18-17(23-15)14(8-20-18)19(26)22-12(2)10-27-3/h4,8-9,12-13H,1,5-7,10-11H2,2-3H3,(H,20,21)(H,22,26)/t12-,13-/m0/s1. The molecule has 0 spiro atoms. The molecule has 0 unspecified atom stereocenters. The lowest BCUT2D eigenvalue weighted by Crippen LogP contribution is -2.38. The molecule has 1 aliphatic rings. The first kappa shape index (κ1) is 19.8. The first-order valence-electron chi connectivity index (χ1n) is 9.23. The smallest absolute Gasteiger partial charge is 0.255 e. The van der Waals surface area contributed by atoms with E-state index in [0.717, 1.165) is 12.8 Å². The van der Waals surface area contributed by atoms with Crippen molar-refractivity contribution in [1.82, 2.24) is 25.2 Å². The number of carbonyl (C=O) groups is 2. The molecular formula is C19H25N5O4. The van der Waals surface area contributed by atoms with Crippen molar-refractivity contribution in [2.45, 2.75) is 31.8 Å². The molecule has 2 N–H and O–H groups in total. The molecule has 0 aromatic carbocycles. The lowest BCUT2D eigenvalue weighted by Gasteiger charge is -2.23. The largest absolute Gasteiger partial charge is 0.474 e. The van der Waals surface area contributed by atoms with E-state index in [1.807, 2.05) is 6.92 Å². The zero-order valence-electron chi connectivity index (χ0n) is 16.1. The van der Waals surface area contributed by atoms with E-state index in [1.54, 1.807) is 18.2 Å². The van der Waals surface area contributed by atoms with Crippen molar-refractivity contribution in [3.8, 4) is 5.88 Å². The number of amides is 2. The van der Waals surface area contributed by atoms with Crippen LogP contribution in [0.2, 0.25) is 0 Å². The van der Waals surface area contributed by atoms with E-state index in [1.165, 1.54) is 12.3 Å². The molecule has 3 heterocycles. The van der Waals surface area contributed by atoms with Crippen LogP contribution in [0.25, 0.3) is 11.2 Å². The van der Waals surface area contributed by atoms with Gasteiger partial charge in [0.2, 0.25) is 11.8 Å². The highest BCUT2D eigenvalue weighted by Gasteiger charge is 2.28. The highest BCUT2D eigenvalue weighted by Crippen LogP contribution is 2.21. The van der Waals surface area contributed by atoms with Gasteiger partial charge in [0, 0.05) is 25.9 Å². The van der Waals surface area contributed by atoms with Crippen LogP contribution < -0.4 is 10.1 Å². The number of nitrogens with one attached hydrogen (secondary N) is 2. The summed E-state index contributed by atoms with van der Waals surface area (Å²) in [5.41, 5.74) is 1.33. The molecule has 2 atom stereocenters. The van der Waals surface area contributed by atoms with Crippen LogP contribution in [0.15, 0.2) is 25.0 Å². The van der Waals surface area contributed by atoms with Gasteiger partial charge >= 0.3 is 0 Å². The zero-order chi connectivity index (χ0) is 20.1. The number of hydrogen-bond donors (Lipinski definition) is 2. The first-order valence-corrected chi connectivity index (χ1v) is 9.23. The molecule has 28 heavy (non-hydrogen) atoms. The summed E-state index contributed by atoms with van der Waals surface area (Å²) >= 11 is 0. The average molecular weight is 387 g/mol. The predicted molar refractivity (Wildman–Crippen MR) is 103 cm³/mol. The van der Waals surface area contributed by atoms with Gasteiger partial charge in [-0.3, -0.25) is 9.59 Å². The quantitative estimate of drug-likeness (QED) is 0.661. The number of rotatable bonds is 8. The minimum Gasteiger partial charge on any atom is -0.474 e. The molecule has 0 saturated carbocycles. The van der Waals surface area contributed by atoms with Crippen LogP contribution in [0.3, 0.4) is 0 Å². The molecule has 1 saturated heterocycles. The molecule has 150 valence electrons. The van der Waals surface area contributed by atoms with Crippen LogP contribution in [-0.2, 0) is 9.53 Å². The topological polar surface area (TPSA) is 109 Å². The van der Waals surface area contributed by atoms with E-state index in [-0.39, 0.29) is 23.9 Å². The number of carbonyl (C=O) groups excluding carboxylic acids is 2. The molecule has 0 aliphatic carbocycles. The normalized spacial score (nSPS) is 17.5. The van der Waals surface area contributed by atoms with Gasteiger partial charge in [-0.2, -0.15) is 0 Å². The Labute approximate surface area is 163 Å². The van der Waals surface area contributed by atoms with Crippen LogP contribution in [-0.4, -0.2) is 70.6 Å². The summed E-state index contributed by atoms with van der Waals surface area (Å²) in [5.74, 6) is -0.0489. The third-order valence-electron chi connectivity index (χ3n) is 4.66. The highest BCUT2D eigenvalue weighted by atomic mass is 16.5. The molecular weight excluding hydrogens is 362 g/mol. The summed E-state index contributed by atoms with van der Waals surface area (Å²) in [6, 6.07) is -0.155. The minimum atomic E-state index is -0.263. The number of H-pyrrole nitrogens is 1. The lowest BCUT2D eigenvalue weighted by atomic mass is 10.2. The number of hydrogen-bond acceptors (Lipinski definition) is 6. The Morgan fingerprint density at radius 1 is 1.54 bits per heavy atom. The van der Waals surface area contributed by atoms with Crippen molar-refractivity contribution in [2.24, 2.45) is 0 Å². The second-order valence-electron chi connectivity index (χ2n) is 6.78. The summed E-state index contributed by atoms with van der Waals surface area (Å²) in [6.45, 7) is 6.82. The number of methoxy groups -OCH3 is 1. The van der Waals surface area contributed by atoms with E-state index in [2.05, 4.69) is 26.8 Å². The number of nitrogens with zero attached hydrogens (tertiary/aromatic N) is 3. The predicted octanol–water partition coefficient (Wildman–Crippen LogP) is 1.28. The molecule has 9 nitrogen and oxygen atoms in total. The Hall–Kier alpha value is -2.94. The van der Waals surface area contributed by atoms with Gasteiger partial charge in [-0.05, 0) is 25.8 Å². The Morgan fingerprint density at radius 2 is 2.36 bits per heavy atom.